The Bertz CT molecular complexity index is 405. The third kappa shape index (κ3) is 4.51. The Kier molecular flexibility index (Phi) is 5.08. The van der Waals surface area contributed by atoms with Crippen LogP contribution in [-0.2, 0) is 0 Å². The van der Waals surface area contributed by atoms with Gasteiger partial charge in [0.05, 0.1) is 6.10 Å². The molecule has 4 heteroatoms. The number of halogens is 3. The molecule has 0 radical (unpaired) electrons. The average molecular weight is 286 g/mol. The van der Waals surface area contributed by atoms with E-state index in [0.717, 1.165) is 0 Å². The lowest BCUT2D eigenvalue weighted by atomic mass is 9.83. The first-order valence-corrected chi connectivity index (χ1v) is 7.30. The van der Waals surface area contributed by atoms with E-state index >= 15 is 0 Å². The van der Waals surface area contributed by atoms with Crippen LogP contribution in [0.3, 0.4) is 0 Å². The molecular weight excluding hydrogens is 265 g/mol. The molecule has 1 unspecified atom stereocenters. The fourth-order valence-corrected chi connectivity index (χ4v) is 2.89. The van der Waals surface area contributed by atoms with Gasteiger partial charge >= 0.3 is 6.18 Å². The van der Waals surface area contributed by atoms with E-state index in [-0.39, 0.29) is 6.42 Å². The van der Waals surface area contributed by atoms with Crippen LogP contribution in [0.5, 0.6) is 0 Å². The highest BCUT2D eigenvalue weighted by Crippen LogP contribution is 2.33. The van der Waals surface area contributed by atoms with Crippen LogP contribution in [0.1, 0.15) is 68.1 Å². The van der Waals surface area contributed by atoms with Crippen LogP contribution in [0.25, 0.3) is 0 Å². The van der Waals surface area contributed by atoms with Gasteiger partial charge in [0.1, 0.15) is 0 Å². The van der Waals surface area contributed by atoms with Gasteiger partial charge in [0.2, 0.25) is 0 Å². The summed E-state index contributed by atoms with van der Waals surface area (Å²) < 4.78 is 36.4. The minimum absolute atomic E-state index is 0.272. The highest BCUT2D eigenvalue weighted by Gasteiger charge is 2.28. The Balaban J connectivity index is 1.93. The summed E-state index contributed by atoms with van der Waals surface area (Å²) in [7, 11) is 0. The van der Waals surface area contributed by atoms with Crippen LogP contribution in [0.15, 0.2) is 24.3 Å². The molecule has 1 atom stereocenters. The van der Waals surface area contributed by atoms with Gasteiger partial charge < -0.3 is 5.11 Å². The molecule has 0 bridgehead atoms. The topological polar surface area (TPSA) is 20.2 Å². The maximum atomic E-state index is 12.1. The lowest BCUT2D eigenvalue weighted by Gasteiger charge is -2.22. The zero-order chi connectivity index (χ0) is 14.6. The van der Waals surface area contributed by atoms with Gasteiger partial charge in [0, 0.05) is 6.42 Å². The molecule has 0 aliphatic heterocycles. The smallest absolute Gasteiger partial charge is 0.388 e. The van der Waals surface area contributed by atoms with E-state index in [9.17, 15) is 18.3 Å². The molecule has 1 aromatic rings. The first-order valence-electron chi connectivity index (χ1n) is 7.30. The monoisotopic (exact) mass is 286 g/mol. The minimum Gasteiger partial charge on any atom is -0.388 e. The van der Waals surface area contributed by atoms with E-state index in [4.69, 9.17) is 0 Å². The SMILES string of the molecule is OC(CCC(F)(F)F)c1ccc(C2CCCCC2)cc1. The van der Waals surface area contributed by atoms with E-state index < -0.39 is 18.7 Å². The normalized spacial score (nSPS) is 19.0. The fraction of sp³-hybridized carbons (Fsp3) is 0.625. The van der Waals surface area contributed by atoms with Gasteiger partial charge in [-0.2, -0.15) is 13.2 Å². The highest BCUT2D eigenvalue weighted by atomic mass is 19.4. The van der Waals surface area contributed by atoms with Gasteiger partial charge in [-0.25, -0.2) is 0 Å². The summed E-state index contributed by atoms with van der Waals surface area (Å²) in [6, 6.07) is 7.46. The van der Waals surface area contributed by atoms with Gasteiger partial charge in [-0.3, -0.25) is 0 Å². The number of aliphatic hydroxyl groups excluding tert-OH is 1. The quantitative estimate of drug-likeness (QED) is 0.815. The standard InChI is InChI=1S/C16H21F3O/c17-16(18,19)11-10-15(20)14-8-6-13(7-9-14)12-4-2-1-3-5-12/h6-9,12,15,20H,1-5,10-11H2. The molecule has 0 spiro atoms. The van der Waals surface area contributed by atoms with Crippen molar-refractivity contribution in [3.8, 4) is 0 Å². The second-order valence-corrected chi connectivity index (χ2v) is 5.67. The Morgan fingerprint density at radius 3 is 2.20 bits per heavy atom. The lowest BCUT2D eigenvalue weighted by molar-refractivity contribution is -0.140. The molecule has 1 fully saturated rings. The van der Waals surface area contributed by atoms with Crippen molar-refractivity contribution in [2.45, 2.75) is 63.1 Å². The van der Waals surface area contributed by atoms with Crippen LogP contribution in [0.4, 0.5) is 13.2 Å². The molecule has 0 amide bonds. The van der Waals surface area contributed by atoms with Crippen LogP contribution in [-0.4, -0.2) is 11.3 Å². The third-order valence-electron chi connectivity index (χ3n) is 4.10. The third-order valence-corrected chi connectivity index (χ3v) is 4.10. The molecule has 112 valence electrons. The predicted octanol–water partition coefficient (Wildman–Crippen LogP) is 5.11. The maximum absolute atomic E-state index is 12.1. The number of hydrogen-bond donors (Lipinski definition) is 1. The molecule has 1 N–H and O–H groups in total. The van der Waals surface area contributed by atoms with Crippen molar-refractivity contribution in [2.24, 2.45) is 0 Å². The second-order valence-electron chi connectivity index (χ2n) is 5.67. The Morgan fingerprint density at radius 1 is 1.05 bits per heavy atom. The summed E-state index contributed by atoms with van der Waals surface area (Å²) in [5.74, 6) is 0.574. The Morgan fingerprint density at radius 2 is 1.65 bits per heavy atom. The Hall–Kier alpha value is -1.03. The van der Waals surface area contributed by atoms with Crippen LogP contribution >= 0.6 is 0 Å². The zero-order valence-corrected chi connectivity index (χ0v) is 11.5. The number of alkyl halides is 3. The summed E-state index contributed by atoms with van der Waals surface area (Å²) in [6.07, 6.45) is -0.275. The van der Waals surface area contributed by atoms with Gasteiger partial charge in [-0.1, -0.05) is 43.5 Å². The van der Waals surface area contributed by atoms with Gasteiger partial charge in [-0.05, 0) is 36.3 Å². The van der Waals surface area contributed by atoms with Crippen LogP contribution in [0, 0.1) is 0 Å². The molecular formula is C16H21F3O. The van der Waals surface area contributed by atoms with E-state index in [0.29, 0.717) is 11.5 Å². The molecule has 2 rings (SSSR count). The zero-order valence-electron chi connectivity index (χ0n) is 11.5. The van der Waals surface area contributed by atoms with E-state index in [1.54, 1.807) is 12.1 Å². The highest BCUT2D eigenvalue weighted by molar-refractivity contribution is 5.27. The summed E-state index contributed by atoms with van der Waals surface area (Å²) in [5.41, 5.74) is 1.82. The molecule has 20 heavy (non-hydrogen) atoms. The number of benzene rings is 1. The van der Waals surface area contributed by atoms with E-state index in [1.807, 2.05) is 12.1 Å². The van der Waals surface area contributed by atoms with Gasteiger partial charge in [0.25, 0.3) is 0 Å². The molecule has 0 saturated heterocycles. The molecule has 1 aromatic carbocycles. The van der Waals surface area contributed by atoms with Crippen molar-refractivity contribution >= 4 is 0 Å². The minimum atomic E-state index is -4.21. The van der Waals surface area contributed by atoms with Gasteiger partial charge in [-0.15, -0.1) is 0 Å². The van der Waals surface area contributed by atoms with Crippen molar-refractivity contribution in [3.63, 3.8) is 0 Å². The molecule has 1 nitrogen and oxygen atoms in total. The average Bonchev–Trinajstić information content (AvgIpc) is 2.45. The summed E-state index contributed by atoms with van der Waals surface area (Å²) in [4.78, 5) is 0. The fourth-order valence-electron chi connectivity index (χ4n) is 2.89. The van der Waals surface area contributed by atoms with Crippen molar-refractivity contribution < 1.29 is 18.3 Å². The van der Waals surface area contributed by atoms with Crippen molar-refractivity contribution in [1.82, 2.24) is 0 Å². The van der Waals surface area contributed by atoms with E-state index in [2.05, 4.69) is 0 Å². The van der Waals surface area contributed by atoms with Crippen molar-refractivity contribution in [2.75, 3.05) is 0 Å². The molecule has 1 aliphatic carbocycles. The molecule has 1 saturated carbocycles. The first-order chi connectivity index (χ1) is 9.46. The van der Waals surface area contributed by atoms with E-state index in [1.165, 1.54) is 37.7 Å². The predicted molar refractivity (Wildman–Crippen MR) is 72.5 cm³/mol. The maximum Gasteiger partial charge on any atom is 0.389 e. The number of hydrogen-bond acceptors (Lipinski definition) is 1. The first kappa shape index (κ1) is 15.4. The molecule has 0 heterocycles. The largest absolute Gasteiger partial charge is 0.389 e. The van der Waals surface area contributed by atoms with Gasteiger partial charge in [0.15, 0.2) is 0 Å². The number of aliphatic hydroxyl groups is 1. The lowest BCUT2D eigenvalue weighted by Crippen LogP contribution is -2.10. The molecule has 1 aliphatic rings. The van der Waals surface area contributed by atoms with Crippen molar-refractivity contribution in [3.05, 3.63) is 35.4 Å². The second kappa shape index (κ2) is 6.61. The summed E-state index contributed by atoms with van der Waals surface area (Å²) in [6.45, 7) is 0. The Labute approximate surface area is 117 Å². The van der Waals surface area contributed by atoms with Crippen LogP contribution in [0.2, 0.25) is 0 Å². The summed E-state index contributed by atoms with van der Waals surface area (Å²) in [5, 5.41) is 9.79. The van der Waals surface area contributed by atoms with Crippen molar-refractivity contribution in [1.29, 1.82) is 0 Å². The number of rotatable bonds is 4. The molecule has 0 aromatic heterocycles. The van der Waals surface area contributed by atoms with Crippen LogP contribution < -0.4 is 0 Å². The summed E-state index contributed by atoms with van der Waals surface area (Å²) >= 11 is 0.